The fraction of sp³-hybridized carbons (Fsp3) is 0.240. The van der Waals surface area contributed by atoms with Crippen LogP contribution in [-0.2, 0) is 19.1 Å². The van der Waals surface area contributed by atoms with Gasteiger partial charge in [0.1, 0.15) is 11.5 Å². The number of carboxylic acids is 1. The monoisotopic (exact) mass is 652 g/mol. The molecule has 2 aromatic carbocycles. The normalized spacial score (nSPS) is 14.9. The van der Waals surface area contributed by atoms with E-state index in [9.17, 15) is 14.4 Å². The number of rotatable bonds is 11. The van der Waals surface area contributed by atoms with Crippen LogP contribution in [-0.4, -0.2) is 54.1 Å². The minimum absolute atomic E-state index is 0.216. The summed E-state index contributed by atoms with van der Waals surface area (Å²) in [7, 11) is 0. The Hall–Kier alpha value is -3.72. The molecule has 0 radical (unpaired) electrons. The van der Waals surface area contributed by atoms with Gasteiger partial charge in [-0.05, 0) is 78.5 Å². The predicted octanol–water partition coefficient (Wildman–Crippen LogP) is 2.64. The van der Waals surface area contributed by atoms with Gasteiger partial charge in [0, 0.05) is 11.3 Å². The van der Waals surface area contributed by atoms with E-state index in [0.29, 0.717) is 42.6 Å². The fourth-order valence-corrected chi connectivity index (χ4v) is 4.43. The van der Waals surface area contributed by atoms with Crippen molar-refractivity contribution < 1.29 is 33.7 Å². The third kappa shape index (κ3) is 7.89. The highest BCUT2D eigenvalue weighted by Gasteiger charge is 2.32. The SMILES string of the molecule is CCOC(=O)C1=C(C)NC(=S)N[C@H]1c1ccccc1OCC(=O)NN=Cc1ccc(OCC(=O)O)c(I)c1. The number of hydrogen-bond acceptors (Lipinski definition) is 8. The molecule has 0 fully saturated rings. The van der Waals surface area contributed by atoms with Gasteiger partial charge >= 0.3 is 11.9 Å². The number of thiocarbonyl (C=S) groups is 1. The number of nitrogens with zero attached hydrogens (tertiary/aromatic N) is 1. The maximum Gasteiger partial charge on any atom is 0.341 e. The van der Waals surface area contributed by atoms with Crippen LogP contribution in [0.15, 0.2) is 58.8 Å². The van der Waals surface area contributed by atoms with Crippen LogP contribution in [0, 0.1) is 3.57 Å². The topological polar surface area (TPSA) is 148 Å². The van der Waals surface area contributed by atoms with Crippen molar-refractivity contribution in [3.05, 3.63) is 68.4 Å². The number of aliphatic carboxylic acids is 1. The number of para-hydroxylation sites is 1. The minimum atomic E-state index is -1.07. The lowest BCUT2D eigenvalue weighted by Gasteiger charge is -2.30. The fourth-order valence-electron chi connectivity index (χ4n) is 3.47. The molecular weight excluding hydrogens is 627 g/mol. The number of hydrazone groups is 1. The Morgan fingerprint density at radius 1 is 1.16 bits per heavy atom. The molecule has 0 saturated heterocycles. The predicted molar refractivity (Wildman–Crippen MR) is 151 cm³/mol. The summed E-state index contributed by atoms with van der Waals surface area (Å²) in [6.45, 7) is 2.90. The lowest BCUT2D eigenvalue weighted by Crippen LogP contribution is -2.45. The first-order chi connectivity index (χ1) is 18.2. The van der Waals surface area contributed by atoms with Crippen molar-refractivity contribution >= 4 is 64.0 Å². The molecule has 0 spiro atoms. The van der Waals surface area contributed by atoms with Crippen LogP contribution in [0.5, 0.6) is 11.5 Å². The molecule has 1 atom stereocenters. The van der Waals surface area contributed by atoms with Crippen LogP contribution < -0.4 is 25.5 Å². The third-order valence-corrected chi connectivity index (χ3v) is 6.13. The molecule has 3 rings (SSSR count). The van der Waals surface area contributed by atoms with E-state index in [0.717, 1.165) is 0 Å². The smallest absolute Gasteiger partial charge is 0.341 e. The molecule has 11 nitrogen and oxygen atoms in total. The molecule has 0 saturated carbocycles. The van der Waals surface area contributed by atoms with Crippen LogP contribution in [0.2, 0.25) is 0 Å². The van der Waals surface area contributed by atoms with Gasteiger partial charge in [0.2, 0.25) is 0 Å². The number of ether oxygens (including phenoxy) is 3. The van der Waals surface area contributed by atoms with E-state index in [4.69, 9.17) is 31.5 Å². The van der Waals surface area contributed by atoms with Gasteiger partial charge in [0.25, 0.3) is 5.91 Å². The Labute approximate surface area is 237 Å². The van der Waals surface area contributed by atoms with Crippen molar-refractivity contribution in [1.29, 1.82) is 0 Å². The van der Waals surface area contributed by atoms with Gasteiger partial charge in [-0.25, -0.2) is 15.0 Å². The molecule has 2 aromatic rings. The lowest BCUT2D eigenvalue weighted by molar-refractivity contribution is -0.140. The molecule has 1 amide bonds. The Morgan fingerprint density at radius 2 is 1.89 bits per heavy atom. The number of carboxylic acid groups (broad SMARTS) is 1. The van der Waals surface area contributed by atoms with E-state index in [1.807, 2.05) is 22.6 Å². The average Bonchev–Trinajstić information content (AvgIpc) is 2.86. The Balaban J connectivity index is 1.65. The van der Waals surface area contributed by atoms with Crippen LogP contribution in [0.3, 0.4) is 0 Å². The zero-order chi connectivity index (χ0) is 27.7. The summed E-state index contributed by atoms with van der Waals surface area (Å²) in [4.78, 5) is 35.7. The molecule has 0 aliphatic carbocycles. The van der Waals surface area contributed by atoms with Gasteiger partial charge in [-0.15, -0.1) is 0 Å². The number of esters is 1. The highest BCUT2D eigenvalue weighted by Crippen LogP contribution is 2.33. The third-order valence-electron chi connectivity index (χ3n) is 5.06. The van der Waals surface area contributed by atoms with Gasteiger partial charge in [0.15, 0.2) is 18.3 Å². The Kier molecular flexibility index (Phi) is 10.4. The molecular formula is C25H25IN4O7S. The second-order valence-corrected chi connectivity index (χ2v) is 9.35. The van der Waals surface area contributed by atoms with E-state index < -0.39 is 30.5 Å². The first kappa shape index (κ1) is 28.8. The summed E-state index contributed by atoms with van der Waals surface area (Å²) >= 11 is 7.29. The van der Waals surface area contributed by atoms with E-state index in [2.05, 4.69) is 21.2 Å². The van der Waals surface area contributed by atoms with Crippen LogP contribution in [0.4, 0.5) is 0 Å². The molecule has 1 aliphatic heterocycles. The molecule has 4 N–H and O–H groups in total. The van der Waals surface area contributed by atoms with Crippen molar-refractivity contribution in [1.82, 2.24) is 16.1 Å². The zero-order valence-corrected chi connectivity index (χ0v) is 23.4. The first-order valence-corrected chi connectivity index (χ1v) is 12.8. The molecule has 200 valence electrons. The van der Waals surface area contributed by atoms with E-state index in [-0.39, 0.29) is 13.2 Å². The van der Waals surface area contributed by atoms with Crippen molar-refractivity contribution in [3.63, 3.8) is 0 Å². The van der Waals surface area contributed by atoms with E-state index in [1.54, 1.807) is 56.3 Å². The Bertz CT molecular complexity index is 1300. The van der Waals surface area contributed by atoms with Crippen molar-refractivity contribution in [2.45, 2.75) is 19.9 Å². The number of carbonyl (C=O) groups is 3. The maximum absolute atomic E-state index is 12.7. The number of carbonyl (C=O) groups excluding carboxylic acids is 2. The molecule has 0 bridgehead atoms. The molecule has 13 heteroatoms. The highest BCUT2D eigenvalue weighted by molar-refractivity contribution is 14.1. The summed E-state index contributed by atoms with van der Waals surface area (Å²) in [6.07, 6.45) is 1.44. The number of allylic oxidation sites excluding steroid dienone is 1. The quantitative estimate of drug-likeness (QED) is 0.0940. The minimum Gasteiger partial charge on any atom is -0.483 e. The standard InChI is InChI=1S/C25H25IN4O7S/c1-3-35-24(34)22-14(2)28-25(38)29-23(22)16-6-4-5-7-18(16)36-12-20(31)30-27-11-15-8-9-19(17(26)10-15)37-13-21(32)33/h4-11,23H,3,12-13H2,1-2H3,(H,30,31)(H,32,33)(H2,28,29,38)/t23-/m0/s1. The summed E-state index contributed by atoms with van der Waals surface area (Å²) in [5, 5.41) is 19.0. The van der Waals surface area contributed by atoms with E-state index in [1.165, 1.54) is 6.21 Å². The maximum atomic E-state index is 12.7. The van der Waals surface area contributed by atoms with Crippen LogP contribution in [0.1, 0.15) is 31.0 Å². The summed E-state index contributed by atoms with van der Waals surface area (Å²) in [5.74, 6) is -1.24. The number of benzene rings is 2. The van der Waals surface area contributed by atoms with Gasteiger partial charge in [-0.3, -0.25) is 4.79 Å². The summed E-state index contributed by atoms with van der Waals surface area (Å²) in [6, 6.07) is 11.4. The van der Waals surface area contributed by atoms with E-state index >= 15 is 0 Å². The van der Waals surface area contributed by atoms with Gasteiger partial charge in [0.05, 0.1) is 28.0 Å². The van der Waals surface area contributed by atoms with Gasteiger partial charge in [-0.2, -0.15) is 5.10 Å². The van der Waals surface area contributed by atoms with Gasteiger partial charge in [-0.1, -0.05) is 18.2 Å². The summed E-state index contributed by atoms with van der Waals surface area (Å²) < 4.78 is 16.9. The van der Waals surface area contributed by atoms with Crippen LogP contribution >= 0.6 is 34.8 Å². The van der Waals surface area contributed by atoms with Crippen molar-refractivity contribution in [2.75, 3.05) is 19.8 Å². The molecule has 38 heavy (non-hydrogen) atoms. The Morgan fingerprint density at radius 3 is 2.61 bits per heavy atom. The lowest BCUT2D eigenvalue weighted by atomic mass is 9.95. The number of halogens is 1. The second-order valence-electron chi connectivity index (χ2n) is 7.78. The zero-order valence-electron chi connectivity index (χ0n) is 20.4. The molecule has 0 unspecified atom stereocenters. The van der Waals surface area contributed by atoms with Crippen molar-refractivity contribution in [2.24, 2.45) is 5.10 Å². The molecule has 1 heterocycles. The van der Waals surface area contributed by atoms with Gasteiger partial charge < -0.3 is 30.0 Å². The number of amides is 1. The highest BCUT2D eigenvalue weighted by atomic mass is 127. The largest absolute Gasteiger partial charge is 0.483 e. The van der Waals surface area contributed by atoms with Crippen molar-refractivity contribution in [3.8, 4) is 11.5 Å². The molecule has 1 aliphatic rings. The van der Waals surface area contributed by atoms with Crippen LogP contribution in [0.25, 0.3) is 0 Å². The second kappa shape index (κ2) is 13.7. The number of hydrogen-bond donors (Lipinski definition) is 4. The number of nitrogens with one attached hydrogen (secondary N) is 3. The first-order valence-electron chi connectivity index (χ1n) is 11.3. The average molecular weight is 652 g/mol. The molecule has 0 aromatic heterocycles. The summed E-state index contributed by atoms with van der Waals surface area (Å²) in [5.41, 5.74) is 4.60.